The summed E-state index contributed by atoms with van der Waals surface area (Å²) in [6, 6.07) is 16.4. The summed E-state index contributed by atoms with van der Waals surface area (Å²) >= 11 is 0. The minimum Gasteiger partial charge on any atom is -0.355 e. The molecule has 32 heavy (non-hydrogen) atoms. The first kappa shape index (κ1) is 22.2. The highest BCUT2D eigenvalue weighted by Gasteiger charge is 2.21. The van der Waals surface area contributed by atoms with Crippen molar-refractivity contribution in [3.8, 4) is 11.4 Å². The Morgan fingerprint density at radius 1 is 1.00 bits per heavy atom. The number of nitrogens with zero attached hydrogens (tertiary/aromatic N) is 4. The quantitative estimate of drug-likeness (QED) is 0.589. The molecule has 0 saturated carbocycles. The van der Waals surface area contributed by atoms with Crippen LogP contribution < -0.4 is 5.32 Å². The van der Waals surface area contributed by atoms with E-state index in [4.69, 9.17) is 4.52 Å². The molecule has 0 spiro atoms. The zero-order valence-electron chi connectivity index (χ0n) is 18.9. The largest absolute Gasteiger partial charge is 0.355 e. The molecule has 2 heterocycles. The third kappa shape index (κ3) is 6.02. The van der Waals surface area contributed by atoms with Gasteiger partial charge in [0.1, 0.15) is 0 Å². The number of aryl methyl sites for hydroxylation is 2. The van der Waals surface area contributed by atoms with Gasteiger partial charge in [-0.3, -0.25) is 14.6 Å². The van der Waals surface area contributed by atoms with Crippen LogP contribution in [0.4, 0.5) is 0 Å². The van der Waals surface area contributed by atoms with E-state index >= 15 is 0 Å². The van der Waals surface area contributed by atoms with Gasteiger partial charge in [-0.15, -0.1) is 0 Å². The number of aromatic nitrogens is 2. The van der Waals surface area contributed by atoms with E-state index in [1.54, 1.807) is 0 Å². The highest BCUT2D eigenvalue weighted by Crippen LogP contribution is 2.17. The lowest BCUT2D eigenvalue weighted by Gasteiger charge is -2.33. The smallest absolute Gasteiger partial charge is 0.241 e. The summed E-state index contributed by atoms with van der Waals surface area (Å²) in [6.45, 7) is 9.36. The molecule has 7 nitrogen and oxygen atoms in total. The van der Waals surface area contributed by atoms with Crippen LogP contribution in [0.25, 0.3) is 11.4 Å². The molecule has 1 saturated heterocycles. The summed E-state index contributed by atoms with van der Waals surface area (Å²) < 4.78 is 5.45. The van der Waals surface area contributed by atoms with Crippen LogP contribution in [0, 0.1) is 13.8 Å². The van der Waals surface area contributed by atoms with Crippen molar-refractivity contribution in [3.63, 3.8) is 0 Å². The second-order valence-corrected chi connectivity index (χ2v) is 8.46. The van der Waals surface area contributed by atoms with Gasteiger partial charge in [-0.1, -0.05) is 59.3 Å². The predicted molar refractivity (Wildman–Crippen MR) is 124 cm³/mol. The predicted octanol–water partition coefficient (Wildman–Crippen LogP) is 2.83. The van der Waals surface area contributed by atoms with Crippen LogP contribution in [-0.4, -0.2) is 65.1 Å². The Hall–Kier alpha value is -3.03. The number of benzene rings is 2. The highest BCUT2D eigenvalue weighted by atomic mass is 16.5. The van der Waals surface area contributed by atoms with Crippen LogP contribution >= 0.6 is 0 Å². The molecule has 3 aromatic rings. The van der Waals surface area contributed by atoms with Crippen molar-refractivity contribution >= 4 is 5.91 Å². The van der Waals surface area contributed by atoms with Gasteiger partial charge in [-0.25, -0.2) is 0 Å². The monoisotopic (exact) mass is 433 g/mol. The molecule has 1 fully saturated rings. The number of amides is 1. The summed E-state index contributed by atoms with van der Waals surface area (Å²) in [5.74, 6) is 1.34. The molecule has 0 bridgehead atoms. The molecule has 1 N–H and O–H groups in total. The van der Waals surface area contributed by atoms with Crippen molar-refractivity contribution < 1.29 is 9.32 Å². The van der Waals surface area contributed by atoms with Gasteiger partial charge >= 0.3 is 0 Å². The maximum Gasteiger partial charge on any atom is 0.241 e. The molecule has 0 atom stereocenters. The number of piperazine rings is 1. The number of hydrogen-bond acceptors (Lipinski definition) is 6. The van der Waals surface area contributed by atoms with E-state index in [1.807, 2.05) is 36.4 Å². The molecular formula is C25H31N5O2. The molecule has 4 rings (SSSR count). The van der Waals surface area contributed by atoms with Crippen molar-refractivity contribution in [3.05, 3.63) is 71.1 Å². The second kappa shape index (κ2) is 10.5. The summed E-state index contributed by atoms with van der Waals surface area (Å²) in [5, 5.41) is 7.17. The third-order valence-corrected chi connectivity index (χ3v) is 5.95. The van der Waals surface area contributed by atoms with Crippen molar-refractivity contribution in [2.45, 2.75) is 26.8 Å². The maximum absolute atomic E-state index is 12.3. The fourth-order valence-corrected chi connectivity index (χ4v) is 3.92. The number of carbonyl (C=O) groups excluding carboxylic acids is 1. The van der Waals surface area contributed by atoms with Gasteiger partial charge in [-0.05, 0) is 31.4 Å². The van der Waals surface area contributed by atoms with Gasteiger partial charge in [0.15, 0.2) is 0 Å². The molecular weight excluding hydrogens is 402 g/mol. The number of carbonyl (C=O) groups is 1. The maximum atomic E-state index is 12.3. The van der Waals surface area contributed by atoms with E-state index in [2.05, 4.69) is 51.2 Å². The van der Waals surface area contributed by atoms with Gasteiger partial charge in [0, 0.05) is 38.3 Å². The zero-order valence-corrected chi connectivity index (χ0v) is 18.9. The lowest BCUT2D eigenvalue weighted by molar-refractivity contribution is -0.122. The van der Waals surface area contributed by atoms with Crippen molar-refractivity contribution in [1.82, 2.24) is 25.3 Å². The van der Waals surface area contributed by atoms with Crippen LogP contribution in [-0.2, 0) is 17.8 Å². The average Bonchev–Trinajstić information content (AvgIpc) is 3.25. The van der Waals surface area contributed by atoms with Gasteiger partial charge in [0.2, 0.25) is 17.6 Å². The van der Waals surface area contributed by atoms with Crippen molar-refractivity contribution in [1.29, 1.82) is 0 Å². The number of rotatable bonds is 8. The topological polar surface area (TPSA) is 74.5 Å². The molecule has 0 unspecified atom stereocenters. The first-order valence-corrected chi connectivity index (χ1v) is 11.2. The number of hydrogen-bond donors (Lipinski definition) is 1. The van der Waals surface area contributed by atoms with Crippen LogP contribution in [0.2, 0.25) is 0 Å². The number of nitrogens with one attached hydrogen (secondary N) is 1. The van der Waals surface area contributed by atoms with Gasteiger partial charge < -0.3 is 9.84 Å². The minimum atomic E-state index is 0.0895. The molecule has 1 aliphatic heterocycles. The third-order valence-electron chi connectivity index (χ3n) is 5.95. The van der Waals surface area contributed by atoms with Crippen molar-refractivity contribution in [2.75, 3.05) is 39.3 Å². The van der Waals surface area contributed by atoms with E-state index in [1.165, 1.54) is 16.7 Å². The Bertz CT molecular complexity index is 1020. The molecule has 1 aromatic heterocycles. The molecule has 0 radical (unpaired) electrons. The molecule has 1 aliphatic rings. The van der Waals surface area contributed by atoms with Crippen molar-refractivity contribution in [2.24, 2.45) is 0 Å². The van der Waals surface area contributed by atoms with Crippen LogP contribution in [0.15, 0.2) is 53.1 Å². The molecule has 2 aromatic carbocycles. The lowest BCUT2D eigenvalue weighted by atomic mass is 10.1. The van der Waals surface area contributed by atoms with Crippen LogP contribution in [0.1, 0.15) is 22.6 Å². The lowest BCUT2D eigenvalue weighted by Crippen LogP contribution is -2.49. The Kier molecular flexibility index (Phi) is 7.29. The molecule has 1 amide bonds. The fraction of sp³-hybridized carbons (Fsp3) is 0.400. The summed E-state index contributed by atoms with van der Waals surface area (Å²) in [4.78, 5) is 21.3. The molecule has 168 valence electrons. The van der Waals surface area contributed by atoms with Gasteiger partial charge in [0.05, 0.1) is 13.1 Å². The average molecular weight is 434 g/mol. The molecule has 7 heteroatoms. The van der Waals surface area contributed by atoms with Gasteiger partial charge in [0.25, 0.3) is 0 Å². The first-order chi connectivity index (χ1) is 15.6. The van der Waals surface area contributed by atoms with E-state index in [-0.39, 0.29) is 5.91 Å². The normalized spacial score (nSPS) is 15.1. The van der Waals surface area contributed by atoms with Gasteiger partial charge in [-0.2, -0.15) is 4.98 Å². The Morgan fingerprint density at radius 3 is 2.47 bits per heavy atom. The van der Waals surface area contributed by atoms with E-state index < -0.39 is 0 Å². The van der Waals surface area contributed by atoms with E-state index in [0.717, 1.165) is 38.2 Å². The van der Waals surface area contributed by atoms with E-state index in [9.17, 15) is 4.79 Å². The van der Waals surface area contributed by atoms with Crippen LogP contribution in [0.5, 0.6) is 0 Å². The Morgan fingerprint density at radius 2 is 1.72 bits per heavy atom. The zero-order chi connectivity index (χ0) is 22.3. The first-order valence-electron chi connectivity index (χ1n) is 11.2. The Labute approximate surface area is 189 Å². The Balaban J connectivity index is 1.17. The van der Waals surface area contributed by atoms with E-state index in [0.29, 0.717) is 31.3 Å². The van der Waals surface area contributed by atoms with Crippen LogP contribution in [0.3, 0.4) is 0 Å². The summed E-state index contributed by atoms with van der Waals surface area (Å²) in [6.07, 6.45) is 0.862. The second-order valence-electron chi connectivity index (χ2n) is 8.46. The highest BCUT2D eigenvalue weighted by molar-refractivity contribution is 5.78. The fourth-order valence-electron chi connectivity index (χ4n) is 3.92. The molecule has 0 aliphatic carbocycles. The summed E-state index contributed by atoms with van der Waals surface area (Å²) in [7, 11) is 0. The standard InChI is InChI=1S/C25H31N5O2/c1-19-7-9-22(10-8-19)25-27-24(32-28-25)18-30-15-13-29(14-16-30)17-23(31)26-12-11-21-6-4-3-5-20(21)2/h3-10H,11-18H2,1-2H3,(H,26,31). The SMILES string of the molecule is Cc1ccc(-c2noc(CN3CCN(CC(=O)NCCc4ccccc4C)CC3)n2)cc1. The summed E-state index contributed by atoms with van der Waals surface area (Å²) in [5.41, 5.74) is 4.72. The minimum absolute atomic E-state index is 0.0895.